The van der Waals surface area contributed by atoms with E-state index in [0.717, 1.165) is 12.8 Å². The van der Waals surface area contributed by atoms with Gasteiger partial charge in [0.05, 0.1) is 0 Å². The summed E-state index contributed by atoms with van der Waals surface area (Å²) in [4.78, 5) is 32.2. The topological polar surface area (TPSA) is 83.3 Å². The number of pyridine rings is 1. The summed E-state index contributed by atoms with van der Waals surface area (Å²) in [5.74, 6) is -0.0868. The zero-order valence-corrected chi connectivity index (χ0v) is 19.3. The molecule has 2 saturated heterocycles. The third kappa shape index (κ3) is 3.68. The molecule has 6 heteroatoms. The molecule has 3 heterocycles. The zero-order valence-electron chi connectivity index (χ0n) is 19.3. The highest BCUT2D eigenvalue weighted by Crippen LogP contribution is 2.45. The predicted octanol–water partition coefficient (Wildman–Crippen LogP) is 5.33. The van der Waals surface area contributed by atoms with Crippen molar-refractivity contribution < 1.29 is 14.3 Å². The Labute approximate surface area is 204 Å². The second-order valence-electron chi connectivity index (χ2n) is 9.67. The minimum absolute atomic E-state index is 0.00984. The largest absolute Gasteiger partial charge is 0.448 e. The fraction of sp³-hybridized carbons (Fsp3) is 0.310. The van der Waals surface area contributed by atoms with E-state index < -0.39 is 0 Å². The Balaban J connectivity index is 1.14. The van der Waals surface area contributed by atoms with Crippen molar-refractivity contribution in [2.75, 3.05) is 6.61 Å². The van der Waals surface area contributed by atoms with Gasteiger partial charge in [-0.05, 0) is 60.1 Å². The second-order valence-corrected chi connectivity index (χ2v) is 9.67. The van der Waals surface area contributed by atoms with E-state index in [9.17, 15) is 9.59 Å². The summed E-state index contributed by atoms with van der Waals surface area (Å²) in [6.45, 7) is 0.305. The van der Waals surface area contributed by atoms with Crippen molar-refractivity contribution in [2.24, 2.45) is 5.92 Å². The Bertz CT molecular complexity index is 1300. The smallest absolute Gasteiger partial charge is 0.410 e. The molecule has 1 amide bonds. The van der Waals surface area contributed by atoms with Crippen LogP contribution in [0.4, 0.5) is 4.79 Å². The number of ether oxygens (including phenoxy) is 1. The van der Waals surface area contributed by atoms with Crippen molar-refractivity contribution in [2.45, 2.75) is 43.7 Å². The van der Waals surface area contributed by atoms with Gasteiger partial charge in [-0.2, -0.15) is 5.26 Å². The Kier molecular flexibility index (Phi) is 5.33. The molecule has 6 rings (SSSR count). The van der Waals surface area contributed by atoms with E-state index in [0.29, 0.717) is 25.0 Å². The van der Waals surface area contributed by atoms with Crippen LogP contribution in [0, 0.1) is 17.2 Å². The molecule has 35 heavy (non-hydrogen) atoms. The lowest BCUT2D eigenvalue weighted by Crippen LogP contribution is -2.48. The zero-order chi connectivity index (χ0) is 23.9. The number of nitriles is 1. The maximum Gasteiger partial charge on any atom is 0.410 e. The van der Waals surface area contributed by atoms with E-state index in [1.54, 1.807) is 12.1 Å². The van der Waals surface area contributed by atoms with Crippen LogP contribution in [0.3, 0.4) is 0 Å². The molecular weight excluding hydrogens is 438 g/mol. The molecule has 2 aromatic carbocycles. The average Bonchev–Trinajstić information content (AvgIpc) is 3.37. The minimum Gasteiger partial charge on any atom is -0.448 e. The second kappa shape index (κ2) is 8.66. The maximum atomic E-state index is 13.2. The van der Waals surface area contributed by atoms with E-state index in [2.05, 4.69) is 29.2 Å². The van der Waals surface area contributed by atoms with Crippen LogP contribution in [-0.4, -0.2) is 40.5 Å². The number of aromatic nitrogens is 1. The molecule has 1 aliphatic carbocycles. The van der Waals surface area contributed by atoms with Crippen molar-refractivity contribution in [3.05, 3.63) is 89.2 Å². The lowest BCUT2D eigenvalue weighted by atomic mass is 9.85. The third-order valence-electron chi connectivity index (χ3n) is 7.81. The highest BCUT2D eigenvalue weighted by Gasteiger charge is 2.46. The molecule has 1 aromatic heterocycles. The van der Waals surface area contributed by atoms with E-state index in [-0.39, 0.29) is 41.5 Å². The quantitative estimate of drug-likeness (QED) is 0.489. The molecule has 2 fully saturated rings. The standard InChI is InChI=1S/C29H25N3O3/c30-16-20-13-18(11-12-31-20)28(33)19-14-21-9-10-22(15-19)32(21)29(34)35-17-27-25-7-3-1-5-23(25)24-6-2-4-8-26(24)27/h1-8,11-13,19,21-22,27H,9-10,14-15,17H2. The number of carbonyl (C=O) groups is 2. The van der Waals surface area contributed by atoms with Crippen LogP contribution in [0.1, 0.15) is 58.8 Å². The van der Waals surface area contributed by atoms with E-state index in [1.807, 2.05) is 35.2 Å². The lowest BCUT2D eigenvalue weighted by Gasteiger charge is -2.37. The minimum atomic E-state index is -0.277. The van der Waals surface area contributed by atoms with Crippen LogP contribution in [0.2, 0.25) is 0 Å². The average molecular weight is 464 g/mol. The number of amides is 1. The van der Waals surface area contributed by atoms with Crippen LogP contribution in [0.15, 0.2) is 66.9 Å². The molecule has 3 aliphatic rings. The van der Waals surface area contributed by atoms with Gasteiger partial charge in [-0.25, -0.2) is 9.78 Å². The summed E-state index contributed by atoms with van der Waals surface area (Å²) >= 11 is 0. The highest BCUT2D eigenvalue weighted by atomic mass is 16.6. The van der Waals surface area contributed by atoms with E-state index >= 15 is 0 Å². The predicted molar refractivity (Wildman–Crippen MR) is 130 cm³/mol. The van der Waals surface area contributed by atoms with Gasteiger partial charge in [-0.1, -0.05) is 48.5 Å². The first-order valence-corrected chi connectivity index (χ1v) is 12.2. The molecule has 0 radical (unpaired) electrons. The molecule has 2 unspecified atom stereocenters. The number of carbonyl (C=O) groups excluding carboxylic acids is 2. The first-order chi connectivity index (χ1) is 17.1. The number of rotatable bonds is 4. The van der Waals surface area contributed by atoms with Gasteiger partial charge in [0.2, 0.25) is 0 Å². The highest BCUT2D eigenvalue weighted by molar-refractivity contribution is 5.98. The molecule has 3 aromatic rings. The van der Waals surface area contributed by atoms with Crippen LogP contribution in [-0.2, 0) is 4.74 Å². The Morgan fingerprint density at radius 3 is 2.23 bits per heavy atom. The van der Waals surface area contributed by atoms with E-state index in [1.165, 1.54) is 28.5 Å². The van der Waals surface area contributed by atoms with Gasteiger partial charge < -0.3 is 9.64 Å². The summed E-state index contributed by atoms with van der Waals surface area (Å²) in [5.41, 5.74) is 5.58. The van der Waals surface area contributed by atoms with Crippen LogP contribution < -0.4 is 0 Å². The molecule has 2 bridgehead atoms. The molecule has 0 N–H and O–H groups in total. The molecule has 174 valence electrons. The molecule has 0 saturated carbocycles. The summed E-state index contributed by atoms with van der Waals surface area (Å²) in [6.07, 6.45) is 4.26. The van der Waals surface area contributed by atoms with Gasteiger partial charge in [0.15, 0.2) is 5.78 Å². The number of ketones is 1. The van der Waals surface area contributed by atoms with Crippen molar-refractivity contribution in [1.82, 2.24) is 9.88 Å². The van der Waals surface area contributed by atoms with Gasteiger partial charge in [0.1, 0.15) is 18.4 Å². The number of hydrogen-bond acceptors (Lipinski definition) is 5. The van der Waals surface area contributed by atoms with Gasteiger partial charge in [-0.3, -0.25) is 4.79 Å². The SMILES string of the molecule is N#Cc1cc(C(=O)C2CC3CCC(C2)N3C(=O)OCC2c3ccccc3-c3ccccc32)ccn1. The van der Waals surface area contributed by atoms with Crippen LogP contribution in [0.25, 0.3) is 11.1 Å². The number of benzene rings is 2. The maximum absolute atomic E-state index is 13.2. The van der Waals surface area contributed by atoms with Crippen LogP contribution in [0.5, 0.6) is 0 Å². The number of fused-ring (bicyclic) bond motifs is 5. The summed E-state index contributed by atoms with van der Waals surface area (Å²) in [5, 5.41) is 9.10. The van der Waals surface area contributed by atoms with Gasteiger partial charge >= 0.3 is 6.09 Å². The molecular formula is C29H25N3O3. The Morgan fingerprint density at radius 2 is 1.60 bits per heavy atom. The Hall–Kier alpha value is -3.98. The van der Waals surface area contributed by atoms with Crippen molar-refractivity contribution in [3.63, 3.8) is 0 Å². The molecule has 6 nitrogen and oxygen atoms in total. The van der Waals surface area contributed by atoms with Gasteiger partial charge in [-0.15, -0.1) is 0 Å². The van der Waals surface area contributed by atoms with E-state index in [4.69, 9.17) is 10.00 Å². The number of piperidine rings is 1. The monoisotopic (exact) mass is 463 g/mol. The first kappa shape index (κ1) is 21.5. The number of nitrogens with zero attached hydrogens (tertiary/aromatic N) is 3. The van der Waals surface area contributed by atoms with Crippen LogP contribution >= 0.6 is 0 Å². The van der Waals surface area contributed by atoms with Crippen molar-refractivity contribution in [1.29, 1.82) is 5.26 Å². The van der Waals surface area contributed by atoms with Gasteiger partial charge in [0.25, 0.3) is 0 Å². The fourth-order valence-electron chi connectivity index (χ4n) is 6.24. The summed E-state index contributed by atoms with van der Waals surface area (Å²) in [7, 11) is 0. The van der Waals surface area contributed by atoms with Gasteiger partial charge in [0, 0.05) is 35.7 Å². The number of Topliss-reactive ketones (excluding diaryl/α,β-unsaturated/α-hetero) is 1. The Morgan fingerprint density at radius 1 is 0.971 bits per heavy atom. The lowest BCUT2D eigenvalue weighted by molar-refractivity contribution is 0.0506. The molecule has 2 aliphatic heterocycles. The third-order valence-corrected chi connectivity index (χ3v) is 7.81. The molecule has 0 spiro atoms. The normalized spacial score (nSPS) is 22.3. The van der Waals surface area contributed by atoms with Crippen molar-refractivity contribution in [3.8, 4) is 17.2 Å². The summed E-state index contributed by atoms with van der Waals surface area (Å²) in [6, 6.07) is 21.9. The summed E-state index contributed by atoms with van der Waals surface area (Å²) < 4.78 is 5.93. The van der Waals surface area contributed by atoms with Crippen molar-refractivity contribution >= 4 is 11.9 Å². The fourth-order valence-corrected chi connectivity index (χ4v) is 6.24. The molecule has 2 atom stereocenters. The first-order valence-electron chi connectivity index (χ1n) is 12.2. The number of hydrogen-bond donors (Lipinski definition) is 0.